The summed E-state index contributed by atoms with van der Waals surface area (Å²) in [6, 6.07) is 6.89. The van der Waals surface area contributed by atoms with Gasteiger partial charge in [-0.25, -0.2) is 13.1 Å². The summed E-state index contributed by atoms with van der Waals surface area (Å²) in [4.78, 5) is 0. The van der Waals surface area contributed by atoms with Crippen molar-refractivity contribution in [1.29, 1.82) is 0 Å². The van der Waals surface area contributed by atoms with Gasteiger partial charge in [0.2, 0.25) is 10.0 Å². The Kier molecular flexibility index (Phi) is 4.82. The molecule has 1 aromatic rings. The molecule has 0 radical (unpaired) electrons. The summed E-state index contributed by atoms with van der Waals surface area (Å²) in [5.74, 6) is 2.50. The highest BCUT2D eigenvalue weighted by Crippen LogP contribution is 2.19. The fourth-order valence-electron chi connectivity index (χ4n) is 1.10. The maximum atomic E-state index is 11.3. The topological polar surface area (TPSA) is 81.4 Å². The third kappa shape index (κ3) is 4.76. The van der Waals surface area contributed by atoms with Crippen LogP contribution in [0.3, 0.4) is 0 Å². The number of terminal acetylenes is 1. The molecule has 3 N–H and O–H groups in total. The van der Waals surface area contributed by atoms with Crippen molar-refractivity contribution in [2.24, 2.45) is 0 Å². The quantitative estimate of drug-likeness (QED) is 0.561. The Hall–Kier alpha value is -1.71. The van der Waals surface area contributed by atoms with E-state index in [-0.39, 0.29) is 18.9 Å². The average Bonchev–Trinajstić information content (AvgIpc) is 2.29. The van der Waals surface area contributed by atoms with Crippen molar-refractivity contribution in [3.8, 4) is 18.1 Å². The van der Waals surface area contributed by atoms with Crippen molar-refractivity contribution in [2.75, 3.05) is 24.6 Å². The Morgan fingerprint density at radius 2 is 2.12 bits per heavy atom. The molecule has 1 rings (SSSR count). The van der Waals surface area contributed by atoms with Crippen LogP contribution in [0.5, 0.6) is 5.75 Å². The van der Waals surface area contributed by atoms with Crippen LogP contribution < -0.4 is 15.2 Å². The van der Waals surface area contributed by atoms with Gasteiger partial charge in [0.25, 0.3) is 0 Å². The van der Waals surface area contributed by atoms with Gasteiger partial charge in [-0.2, -0.15) is 0 Å². The zero-order valence-electron chi connectivity index (χ0n) is 9.22. The maximum Gasteiger partial charge on any atom is 0.215 e. The molecule has 0 amide bonds. The highest BCUT2D eigenvalue weighted by molar-refractivity contribution is 7.89. The third-order valence-corrected chi connectivity index (χ3v) is 3.21. The van der Waals surface area contributed by atoms with E-state index in [9.17, 15) is 8.42 Å². The van der Waals surface area contributed by atoms with E-state index in [0.29, 0.717) is 11.4 Å². The van der Waals surface area contributed by atoms with Crippen molar-refractivity contribution in [3.63, 3.8) is 0 Å². The SMILES string of the molecule is C#CCNS(=O)(=O)CCOc1ccccc1N. The minimum absolute atomic E-state index is 0.0180. The van der Waals surface area contributed by atoms with Gasteiger partial charge in [0, 0.05) is 0 Å². The lowest BCUT2D eigenvalue weighted by Crippen LogP contribution is -2.29. The monoisotopic (exact) mass is 254 g/mol. The summed E-state index contributed by atoms with van der Waals surface area (Å²) in [6.45, 7) is 0.00390. The van der Waals surface area contributed by atoms with E-state index in [1.54, 1.807) is 24.3 Å². The molecule has 5 nitrogen and oxygen atoms in total. The van der Waals surface area contributed by atoms with Gasteiger partial charge in [0.05, 0.1) is 18.0 Å². The zero-order chi connectivity index (χ0) is 12.7. The number of hydrogen-bond donors (Lipinski definition) is 2. The standard InChI is InChI=1S/C11H14N2O3S/c1-2-7-13-17(14,15)9-8-16-11-6-4-3-5-10(11)12/h1,3-6,13H,7-9,12H2. The van der Waals surface area contributed by atoms with E-state index < -0.39 is 10.0 Å². The normalized spacial score (nSPS) is 10.8. The lowest BCUT2D eigenvalue weighted by Gasteiger charge is -2.08. The van der Waals surface area contributed by atoms with Gasteiger partial charge < -0.3 is 10.5 Å². The molecule has 92 valence electrons. The lowest BCUT2D eigenvalue weighted by atomic mass is 10.3. The number of para-hydroxylation sites is 2. The summed E-state index contributed by atoms with van der Waals surface area (Å²) in [5.41, 5.74) is 6.11. The molecule has 0 spiro atoms. The molecule has 0 heterocycles. The number of ether oxygens (including phenoxy) is 1. The fraction of sp³-hybridized carbons (Fsp3) is 0.273. The molecule has 0 atom stereocenters. The Morgan fingerprint density at radius 1 is 1.41 bits per heavy atom. The van der Waals surface area contributed by atoms with E-state index in [0.717, 1.165) is 0 Å². The molecular formula is C11H14N2O3S. The molecule has 0 bridgehead atoms. The van der Waals surface area contributed by atoms with Gasteiger partial charge in [-0.3, -0.25) is 0 Å². The molecule has 0 unspecified atom stereocenters. The number of nitrogens with two attached hydrogens (primary N) is 1. The first kappa shape index (κ1) is 13.4. The predicted molar refractivity (Wildman–Crippen MR) is 67.0 cm³/mol. The van der Waals surface area contributed by atoms with Crippen LogP contribution in [-0.4, -0.2) is 27.3 Å². The number of rotatable bonds is 6. The zero-order valence-corrected chi connectivity index (χ0v) is 10.0. The largest absolute Gasteiger partial charge is 0.490 e. The first-order valence-electron chi connectivity index (χ1n) is 4.93. The van der Waals surface area contributed by atoms with Crippen molar-refractivity contribution < 1.29 is 13.2 Å². The van der Waals surface area contributed by atoms with Gasteiger partial charge >= 0.3 is 0 Å². The van der Waals surface area contributed by atoms with Crippen LogP contribution in [0, 0.1) is 12.3 Å². The number of hydrogen-bond acceptors (Lipinski definition) is 4. The van der Waals surface area contributed by atoms with Crippen LogP contribution in [-0.2, 0) is 10.0 Å². The van der Waals surface area contributed by atoms with Crippen LogP contribution >= 0.6 is 0 Å². The van der Waals surface area contributed by atoms with Gasteiger partial charge in [-0.1, -0.05) is 18.1 Å². The minimum Gasteiger partial charge on any atom is -0.490 e. The van der Waals surface area contributed by atoms with E-state index in [2.05, 4.69) is 10.6 Å². The van der Waals surface area contributed by atoms with E-state index in [4.69, 9.17) is 16.9 Å². The second-order valence-electron chi connectivity index (χ2n) is 3.23. The van der Waals surface area contributed by atoms with Gasteiger partial charge in [0.15, 0.2) is 0 Å². The van der Waals surface area contributed by atoms with E-state index >= 15 is 0 Å². The molecule has 0 saturated heterocycles. The second-order valence-corrected chi connectivity index (χ2v) is 5.16. The average molecular weight is 254 g/mol. The first-order chi connectivity index (χ1) is 8.05. The highest BCUT2D eigenvalue weighted by atomic mass is 32.2. The smallest absolute Gasteiger partial charge is 0.215 e. The Balaban J connectivity index is 2.44. The molecular weight excluding hydrogens is 240 g/mol. The van der Waals surface area contributed by atoms with Crippen LogP contribution in [0.25, 0.3) is 0 Å². The summed E-state index contributed by atoms with van der Waals surface area (Å²) < 4.78 is 30.2. The molecule has 0 fully saturated rings. The Labute approximate surface area is 101 Å². The molecule has 0 aliphatic heterocycles. The molecule has 1 aromatic carbocycles. The molecule has 0 saturated carbocycles. The van der Waals surface area contributed by atoms with Gasteiger partial charge in [-0.15, -0.1) is 6.42 Å². The molecule has 17 heavy (non-hydrogen) atoms. The minimum atomic E-state index is -3.39. The second kappa shape index (κ2) is 6.13. The number of benzene rings is 1. The first-order valence-corrected chi connectivity index (χ1v) is 6.58. The van der Waals surface area contributed by atoms with Crippen molar-refractivity contribution >= 4 is 15.7 Å². The van der Waals surface area contributed by atoms with Crippen LogP contribution in [0.4, 0.5) is 5.69 Å². The summed E-state index contributed by atoms with van der Waals surface area (Å²) in [5, 5.41) is 0. The van der Waals surface area contributed by atoms with Gasteiger partial charge in [0.1, 0.15) is 12.4 Å². The molecule has 0 aliphatic carbocycles. The molecule has 0 aromatic heterocycles. The van der Waals surface area contributed by atoms with Crippen molar-refractivity contribution in [3.05, 3.63) is 24.3 Å². The Bertz CT molecular complexity index is 506. The summed E-state index contributed by atoms with van der Waals surface area (Å²) >= 11 is 0. The summed E-state index contributed by atoms with van der Waals surface area (Å²) in [7, 11) is -3.39. The van der Waals surface area contributed by atoms with Crippen LogP contribution in [0.1, 0.15) is 0 Å². The highest BCUT2D eigenvalue weighted by Gasteiger charge is 2.09. The predicted octanol–water partition coefficient (Wildman–Crippen LogP) is 0.200. The Morgan fingerprint density at radius 3 is 2.76 bits per heavy atom. The fourth-order valence-corrected chi connectivity index (χ4v) is 1.85. The number of nitrogen functional groups attached to an aromatic ring is 1. The number of anilines is 1. The summed E-state index contributed by atoms with van der Waals surface area (Å²) in [6.07, 6.45) is 4.95. The molecule has 0 aliphatic rings. The number of sulfonamides is 1. The maximum absolute atomic E-state index is 11.3. The van der Waals surface area contributed by atoms with Crippen LogP contribution in [0.2, 0.25) is 0 Å². The van der Waals surface area contributed by atoms with Crippen LogP contribution in [0.15, 0.2) is 24.3 Å². The third-order valence-electron chi connectivity index (χ3n) is 1.92. The van der Waals surface area contributed by atoms with Gasteiger partial charge in [-0.05, 0) is 12.1 Å². The van der Waals surface area contributed by atoms with Crippen molar-refractivity contribution in [2.45, 2.75) is 0 Å². The van der Waals surface area contributed by atoms with Crippen molar-refractivity contribution in [1.82, 2.24) is 4.72 Å². The lowest BCUT2D eigenvalue weighted by molar-refractivity contribution is 0.342. The van der Waals surface area contributed by atoms with E-state index in [1.807, 2.05) is 0 Å². The molecule has 6 heteroatoms. The number of nitrogens with one attached hydrogen (secondary N) is 1. The van der Waals surface area contributed by atoms with E-state index in [1.165, 1.54) is 0 Å².